The molecule has 1 saturated heterocycles. The smallest absolute Gasteiger partial charge is 0.408 e. The number of hydrogen-bond donors (Lipinski definition) is 1. The molecule has 0 unspecified atom stereocenters. The predicted octanol–water partition coefficient (Wildman–Crippen LogP) is 4.82. The van der Waals surface area contributed by atoms with E-state index in [1.54, 1.807) is 0 Å². The predicted molar refractivity (Wildman–Crippen MR) is 117 cm³/mol. The van der Waals surface area contributed by atoms with E-state index in [1.165, 1.54) is 0 Å². The van der Waals surface area contributed by atoms with Crippen molar-refractivity contribution in [3.8, 4) is 0 Å². The van der Waals surface area contributed by atoms with Gasteiger partial charge >= 0.3 is 6.09 Å². The first-order chi connectivity index (χ1) is 14.7. The van der Waals surface area contributed by atoms with Crippen molar-refractivity contribution in [3.63, 3.8) is 0 Å². The lowest BCUT2D eigenvalue weighted by Crippen LogP contribution is -2.45. The number of hydrogen-bond acceptors (Lipinski definition) is 3. The normalized spacial score (nSPS) is 14.9. The Hall–Kier alpha value is -3.34. The zero-order chi connectivity index (χ0) is 20.8. The van der Waals surface area contributed by atoms with Crippen LogP contribution in [0.4, 0.5) is 4.79 Å². The maximum absolute atomic E-state index is 13.3. The standard InChI is InChI=1S/C25H26N2O3/c28-24(27-15-7-2-8-16-27)23(22-14-13-20-11-5-6-12-21(20)17-22)26-25(29)30-18-19-9-3-1-4-10-19/h1,3-6,9-14,17,23H,2,7-8,15-16,18H2,(H,26,29)/t23-/m1/s1. The Morgan fingerprint density at radius 2 is 1.57 bits per heavy atom. The molecule has 4 rings (SSSR count). The van der Waals surface area contributed by atoms with Gasteiger partial charge in [-0.25, -0.2) is 4.79 Å². The van der Waals surface area contributed by atoms with Crippen molar-refractivity contribution in [2.75, 3.05) is 13.1 Å². The molecule has 154 valence electrons. The maximum Gasteiger partial charge on any atom is 0.408 e. The molecule has 3 aromatic carbocycles. The molecule has 2 amide bonds. The van der Waals surface area contributed by atoms with Gasteiger partial charge in [0.15, 0.2) is 0 Å². The van der Waals surface area contributed by atoms with Crippen LogP contribution in [0.15, 0.2) is 72.8 Å². The summed E-state index contributed by atoms with van der Waals surface area (Å²) in [6.45, 7) is 1.61. The lowest BCUT2D eigenvalue weighted by atomic mass is 10.00. The highest BCUT2D eigenvalue weighted by atomic mass is 16.5. The van der Waals surface area contributed by atoms with Gasteiger partial charge in [-0.2, -0.15) is 0 Å². The molecule has 0 aliphatic carbocycles. The zero-order valence-corrected chi connectivity index (χ0v) is 16.9. The van der Waals surface area contributed by atoms with Crippen LogP contribution >= 0.6 is 0 Å². The molecule has 1 N–H and O–H groups in total. The largest absolute Gasteiger partial charge is 0.445 e. The van der Waals surface area contributed by atoms with Gasteiger partial charge in [0, 0.05) is 13.1 Å². The first kappa shape index (κ1) is 20.0. The van der Waals surface area contributed by atoms with E-state index >= 15 is 0 Å². The number of carbonyl (C=O) groups is 2. The number of nitrogens with zero attached hydrogens (tertiary/aromatic N) is 1. The van der Waals surface area contributed by atoms with Crippen LogP contribution < -0.4 is 5.32 Å². The highest BCUT2D eigenvalue weighted by Gasteiger charge is 2.29. The summed E-state index contributed by atoms with van der Waals surface area (Å²) in [4.78, 5) is 27.7. The lowest BCUT2D eigenvalue weighted by Gasteiger charge is -2.31. The third-order valence-corrected chi connectivity index (χ3v) is 5.50. The monoisotopic (exact) mass is 402 g/mol. The van der Waals surface area contributed by atoms with Crippen LogP contribution in [0.1, 0.15) is 36.4 Å². The molecule has 0 bridgehead atoms. The van der Waals surface area contributed by atoms with Crippen LogP contribution in [0.3, 0.4) is 0 Å². The van der Waals surface area contributed by atoms with Gasteiger partial charge < -0.3 is 15.0 Å². The SMILES string of the molecule is O=C(N[C@@H](C(=O)N1CCCCC1)c1ccc2ccccc2c1)OCc1ccccc1. The number of piperidine rings is 1. The number of benzene rings is 3. The molecule has 0 radical (unpaired) electrons. The Morgan fingerprint density at radius 1 is 0.867 bits per heavy atom. The van der Waals surface area contributed by atoms with Crippen LogP contribution in [0.2, 0.25) is 0 Å². The van der Waals surface area contributed by atoms with Crippen LogP contribution in [0, 0.1) is 0 Å². The van der Waals surface area contributed by atoms with Gasteiger partial charge in [0.25, 0.3) is 0 Å². The van der Waals surface area contributed by atoms with Crippen molar-refractivity contribution >= 4 is 22.8 Å². The Kier molecular flexibility index (Phi) is 6.28. The molecule has 1 heterocycles. The van der Waals surface area contributed by atoms with Crippen molar-refractivity contribution in [2.45, 2.75) is 31.9 Å². The number of likely N-dealkylation sites (tertiary alicyclic amines) is 1. The summed E-state index contributed by atoms with van der Waals surface area (Å²) in [5, 5.41) is 4.94. The molecule has 3 aromatic rings. The Morgan fingerprint density at radius 3 is 2.33 bits per heavy atom. The van der Waals surface area contributed by atoms with E-state index in [1.807, 2.05) is 77.7 Å². The second kappa shape index (κ2) is 9.44. The number of amides is 2. The van der Waals surface area contributed by atoms with E-state index in [9.17, 15) is 9.59 Å². The second-order valence-electron chi connectivity index (χ2n) is 7.63. The minimum Gasteiger partial charge on any atom is -0.445 e. The van der Waals surface area contributed by atoms with E-state index in [2.05, 4.69) is 5.32 Å². The van der Waals surface area contributed by atoms with Gasteiger partial charge in [0.2, 0.25) is 5.91 Å². The fraction of sp³-hybridized carbons (Fsp3) is 0.280. The molecule has 1 aliphatic heterocycles. The fourth-order valence-electron chi connectivity index (χ4n) is 3.85. The molecule has 0 saturated carbocycles. The topological polar surface area (TPSA) is 58.6 Å². The fourth-order valence-corrected chi connectivity index (χ4v) is 3.85. The summed E-state index contributed by atoms with van der Waals surface area (Å²) in [5.74, 6) is -0.0818. The molecule has 1 atom stereocenters. The van der Waals surface area contributed by atoms with Crippen LogP contribution in [0.5, 0.6) is 0 Å². The number of rotatable bonds is 5. The minimum absolute atomic E-state index is 0.0818. The summed E-state index contributed by atoms with van der Waals surface area (Å²) < 4.78 is 5.38. The number of ether oxygens (including phenoxy) is 1. The van der Waals surface area contributed by atoms with E-state index in [-0.39, 0.29) is 12.5 Å². The highest BCUT2D eigenvalue weighted by molar-refractivity contribution is 5.89. The van der Waals surface area contributed by atoms with Crippen LogP contribution in [0.25, 0.3) is 10.8 Å². The van der Waals surface area contributed by atoms with Gasteiger partial charge in [-0.1, -0.05) is 66.7 Å². The summed E-state index contributed by atoms with van der Waals surface area (Å²) in [6, 6.07) is 22.6. The zero-order valence-electron chi connectivity index (χ0n) is 16.9. The van der Waals surface area contributed by atoms with Crippen molar-refractivity contribution in [1.82, 2.24) is 10.2 Å². The van der Waals surface area contributed by atoms with E-state index in [0.29, 0.717) is 0 Å². The van der Waals surface area contributed by atoms with Crippen LogP contribution in [-0.2, 0) is 16.1 Å². The van der Waals surface area contributed by atoms with E-state index < -0.39 is 12.1 Å². The van der Waals surface area contributed by atoms with Gasteiger partial charge in [0.05, 0.1) is 0 Å². The minimum atomic E-state index is -0.768. The quantitative estimate of drug-likeness (QED) is 0.666. The van der Waals surface area contributed by atoms with Crippen molar-refractivity contribution in [2.24, 2.45) is 0 Å². The van der Waals surface area contributed by atoms with Gasteiger partial charge in [-0.3, -0.25) is 4.79 Å². The summed E-state index contributed by atoms with van der Waals surface area (Å²) in [6.07, 6.45) is 2.53. The molecular formula is C25H26N2O3. The average Bonchev–Trinajstić information content (AvgIpc) is 2.81. The Bertz CT molecular complexity index is 1010. The summed E-state index contributed by atoms with van der Waals surface area (Å²) in [5.41, 5.74) is 1.66. The number of carbonyl (C=O) groups excluding carboxylic acids is 2. The van der Waals surface area contributed by atoms with Gasteiger partial charge in [-0.05, 0) is 47.2 Å². The average molecular weight is 402 g/mol. The third-order valence-electron chi connectivity index (χ3n) is 5.50. The van der Waals surface area contributed by atoms with Crippen molar-refractivity contribution < 1.29 is 14.3 Å². The van der Waals surface area contributed by atoms with Gasteiger partial charge in [-0.15, -0.1) is 0 Å². The number of fused-ring (bicyclic) bond motifs is 1. The van der Waals surface area contributed by atoms with E-state index in [0.717, 1.165) is 54.3 Å². The maximum atomic E-state index is 13.3. The van der Waals surface area contributed by atoms with Crippen LogP contribution in [-0.4, -0.2) is 30.0 Å². The first-order valence-corrected chi connectivity index (χ1v) is 10.5. The second-order valence-corrected chi connectivity index (χ2v) is 7.63. The number of alkyl carbamates (subject to hydrolysis) is 1. The molecule has 0 spiro atoms. The Balaban J connectivity index is 1.54. The van der Waals surface area contributed by atoms with E-state index in [4.69, 9.17) is 4.74 Å². The summed E-state index contributed by atoms with van der Waals surface area (Å²) in [7, 11) is 0. The molecule has 1 fully saturated rings. The molecule has 0 aromatic heterocycles. The molecule has 1 aliphatic rings. The van der Waals surface area contributed by atoms with Crippen molar-refractivity contribution in [3.05, 3.63) is 83.9 Å². The summed E-state index contributed by atoms with van der Waals surface area (Å²) >= 11 is 0. The molecule has 30 heavy (non-hydrogen) atoms. The lowest BCUT2D eigenvalue weighted by molar-refractivity contribution is -0.134. The molecular weight excluding hydrogens is 376 g/mol. The highest BCUT2D eigenvalue weighted by Crippen LogP contribution is 2.24. The van der Waals surface area contributed by atoms with Gasteiger partial charge in [0.1, 0.15) is 12.6 Å². The Labute approximate surface area is 176 Å². The third kappa shape index (κ3) is 4.79. The number of nitrogens with one attached hydrogen (secondary N) is 1. The molecule has 5 nitrogen and oxygen atoms in total. The molecule has 5 heteroatoms. The first-order valence-electron chi connectivity index (χ1n) is 10.5. The van der Waals surface area contributed by atoms with Crippen molar-refractivity contribution in [1.29, 1.82) is 0 Å².